The number of nitrogens with zero attached hydrogens (tertiary/aromatic N) is 1. The predicted molar refractivity (Wildman–Crippen MR) is 81.8 cm³/mol. The van der Waals surface area contributed by atoms with Crippen LogP contribution in [-0.4, -0.2) is 24.4 Å². The second kappa shape index (κ2) is 8.05. The van der Waals surface area contributed by atoms with Gasteiger partial charge < -0.3 is 15.2 Å². The van der Waals surface area contributed by atoms with E-state index in [2.05, 4.69) is 11.4 Å². The minimum atomic E-state index is -0.579. The van der Waals surface area contributed by atoms with Crippen molar-refractivity contribution in [1.29, 1.82) is 5.26 Å². The largest absolute Gasteiger partial charge is 0.389 e. The van der Waals surface area contributed by atoms with Gasteiger partial charge in [0.25, 0.3) is 0 Å². The monoisotopic (exact) mass is 282 g/mol. The molecule has 0 aliphatic rings. The van der Waals surface area contributed by atoms with Crippen molar-refractivity contribution in [3.8, 4) is 6.07 Å². The second-order valence-electron chi connectivity index (χ2n) is 4.72. The Kier molecular flexibility index (Phi) is 5.77. The van der Waals surface area contributed by atoms with Gasteiger partial charge in [-0.2, -0.15) is 5.26 Å². The number of nitrogens with one attached hydrogen (secondary N) is 1. The molecule has 2 aromatic carbocycles. The number of anilines is 1. The summed E-state index contributed by atoms with van der Waals surface area (Å²) in [6.45, 7) is 1.17. The summed E-state index contributed by atoms with van der Waals surface area (Å²) in [5.74, 6) is 0. The molecule has 2 rings (SSSR count). The first-order chi connectivity index (χ1) is 10.3. The Morgan fingerprint density at radius 1 is 1.10 bits per heavy atom. The van der Waals surface area contributed by atoms with Crippen molar-refractivity contribution in [3.05, 3.63) is 65.7 Å². The third-order valence-corrected chi connectivity index (χ3v) is 2.98. The average Bonchev–Trinajstić information content (AvgIpc) is 2.54. The van der Waals surface area contributed by atoms with Gasteiger partial charge in [-0.25, -0.2) is 0 Å². The minimum absolute atomic E-state index is 0.276. The van der Waals surface area contributed by atoms with E-state index in [4.69, 9.17) is 10.00 Å². The number of hydrogen-bond donors (Lipinski definition) is 2. The Bertz CT molecular complexity index is 576. The van der Waals surface area contributed by atoms with E-state index in [9.17, 15) is 5.11 Å². The van der Waals surface area contributed by atoms with Crippen LogP contribution in [0.2, 0.25) is 0 Å². The lowest BCUT2D eigenvalue weighted by molar-refractivity contribution is 0.0348. The molecular weight excluding hydrogens is 264 g/mol. The van der Waals surface area contributed by atoms with Gasteiger partial charge in [-0.15, -0.1) is 0 Å². The third kappa shape index (κ3) is 5.27. The molecular formula is C17H18N2O2. The van der Waals surface area contributed by atoms with Crippen LogP contribution in [0.3, 0.4) is 0 Å². The van der Waals surface area contributed by atoms with E-state index in [1.807, 2.05) is 42.5 Å². The summed E-state index contributed by atoms with van der Waals surface area (Å²) in [6, 6.07) is 19.0. The normalized spacial score (nSPS) is 11.6. The molecule has 0 bridgehead atoms. The maximum atomic E-state index is 9.85. The molecule has 0 fully saturated rings. The first-order valence-electron chi connectivity index (χ1n) is 6.81. The van der Waals surface area contributed by atoms with Crippen molar-refractivity contribution in [3.63, 3.8) is 0 Å². The van der Waals surface area contributed by atoms with Gasteiger partial charge in [0, 0.05) is 12.2 Å². The second-order valence-corrected chi connectivity index (χ2v) is 4.72. The number of aliphatic hydroxyl groups excluding tert-OH is 1. The summed E-state index contributed by atoms with van der Waals surface area (Å²) < 4.78 is 5.47. The van der Waals surface area contributed by atoms with Crippen LogP contribution >= 0.6 is 0 Å². The van der Waals surface area contributed by atoms with Crippen molar-refractivity contribution in [2.75, 3.05) is 18.5 Å². The van der Waals surface area contributed by atoms with E-state index in [-0.39, 0.29) is 6.61 Å². The SMILES string of the molecule is N#Cc1ccc(NCC(O)COCc2ccccc2)cc1. The first-order valence-corrected chi connectivity index (χ1v) is 6.81. The third-order valence-electron chi connectivity index (χ3n) is 2.98. The predicted octanol–water partition coefficient (Wildman–Crippen LogP) is 2.55. The molecule has 2 aromatic rings. The zero-order valence-corrected chi connectivity index (χ0v) is 11.7. The highest BCUT2D eigenvalue weighted by Crippen LogP contribution is 2.08. The molecule has 1 unspecified atom stereocenters. The van der Waals surface area contributed by atoms with Crippen molar-refractivity contribution < 1.29 is 9.84 Å². The molecule has 0 radical (unpaired) electrons. The molecule has 0 aliphatic carbocycles. The summed E-state index contributed by atoms with van der Waals surface area (Å²) >= 11 is 0. The molecule has 108 valence electrons. The Morgan fingerprint density at radius 3 is 2.48 bits per heavy atom. The Morgan fingerprint density at radius 2 is 1.81 bits per heavy atom. The Labute approximate surface area is 124 Å². The summed E-state index contributed by atoms with van der Waals surface area (Å²) in [7, 11) is 0. The number of aliphatic hydroxyl groups is 1. The Hall–Kier alpha value is -2.35. The van der Waals surface area contributed by atoms with E-state index < -0.39 is 6.10 Å². The molecule has 0 amide bonds. The number of nitriles is 1. The van der Waals surface area contributed by atoms with Crippen LogP contribution in [0.15, 0.2) is 54.6 Å². The average molecular weight is 282 g/mol. The highest BCUT2D eigenvalue weighted by Gasteiger charge is 2.04. The Balaban J connectivity index is 1.67. The van der Waals surface area contributed by atoms with Crippen LogP contribution in [0, 0.1) is 11.3 Å². The van der Waals surface area contributed by atoms with Gasteiger partial charge in [0.1, 0.15) is 0 Å². The van der Waals surface area contributed by atoms with Crippen molar-refractivity contribution in [2.45, 2.75) is 12.7 Å². The lowest BCUT2D eigenvalue weighted by atomic mass is 10.2. The van der Waals surface area contributed by atoms with Gasteiger partial charge in [-0.3, -0.25) is 0 Å². The number of ether oxygens (including phenoxy) is 1. The lowest BCUT2D eigenvalue weighted by Crippen LogP contribution is -2.24. The van der Waals surface area contributed by atoms with Crippen LogP contribution in [-0.2, 0) is 11.3 Å². The molecule has 0 saturated heterocycles. The summed E-state index contributed by atoms with van der Waals surface area (Å²) in [5, 5.41) is 21.7. The maximum Gasteiger partial charge on any atom is 0.0991 e. The molecule has 0 spiro atoms. The van der Waals surface area contributed by atoms with E-state index in [1.54, 1.807) is 12.1 Å². The van der Waals surface area contributed by atoms with Gasteiger partial charge >= 0.3 is 0 Å². The van der Waals surface area contributed by atoms with E-state index >= 15 is 0 Å². The quantitative estimate of drug-likeness (QED) is 0.819. The maximum absolute atomic E-state index is 9.85. The first kappa shape index (κ1) is 15.0. The standard InChI is InChI=1S/C17H18N2O2/c18-10-14-6-8-16(9-7-14)19-11-17(20)13-21-12-15-4-2-1-3-5-15/h1-9,17,19-20H,11-13H2. The van der Waals surface area contributed by atoms with Gasteiger partial charge in [0.2, 0.25) is 0 Å². The highest BCUT2D eigenvalue weighted by atomic mass is 16.5. The smallest absolute Gasteiger partial charge is 0.0991 e. The van der Waals surface area contributed by atoms with Crippen LogP contribution in [0.4, 0.5) is 5.69 Å². The van der Waals surface area contributed by atoms with Crippen LogP contribution < -0.4 is 5.32 Å². The minimum Gasteiger partial charge on any atom is -0.389 e. The number of benzene rings is 2. The molecule has 0 heterocycles. The molecule has 4 nitrogen and oxygen atoms in total. The van der Waals surface area contributed by atoms with Crippen LogP contribution in [0.25, 0.3) is 0 Å². The highest BCUT2D eigenvalue weighted by molar-refractivity contribution is 5.47. The molecule has 4 heteroatoms. The van der Waals surface area contributed by atoms with Gasteiger partial charge in [-0.1, -0.05) is 30.3 Å². The van der Waals surface area contributed by atoms with E-state index in [0.29, 0.717) is 18.7 Å². The molecule has 0 aromatic heterocycles. The van der Waals surface area contributed by atoms with Crippen LogP contribution in [0.5, 0.6) is 0 Å². The van der Waals surface area contributed by atoms with Crippen molar-refractivity contribution >= 4 is 5.69 Å². The molecule has 0 aliphatic heterocycles. The zero-order chi connectivity index (χ0) is 14.9. The van der Waals surface area contributed by atoms with E-state index in [1.165, 1.54) is 0 Å². The molecule has 1 atom stereocenters. The fourth-order valence-corrected chi connectivity index (χ4v) is 1.84. The zero-order valence-electron chi connectivity index (χ0n) is 11.7. The summed E-state index contributed by atoms with van der Waals surface area (Å²) in [4.78, 5) is 0. The molecule has 2 N–H and O–H groups in total. The van der Waals surface area contributed by atoms with Gasteiger partial charge in [-0.05, 0) is 29.8 Å². The van der Waals surface area contributed by atoms with Gasteiger partial charge in [0.15, 0.2) is 0 Å². The van der Waals surface area contributed by atoms with Crippen molar-refractivity contribution in [2.24, 2.45) is 0 Å². The number of hydrogen-bond acceptors (Lipinski definition) is 4. The fourth-order valence-electron chi connectivity index (χ4n) is 1.84. The van der Waals surface area contributed by atoms with Crippen molar-refractivity contribution in [1.82, 2.24) is 0 Å². The number of rotatable bonds is 7. The topological polar surface area (TPSA) is 65.3 Å². The fraction of sp³-hybridized carbons (Fsp3) is 0.235. The molecule has 21 heavy (non-hydrogen) atoms. The summed E-state index contributed by atoms with van der Waals surface area (Å²) in [5.41, 5.74) is 2.58. The van der Waals surface area contributed by atoms with Gasteiger partial charge in [0.05, 0.1) is 31.0 Å². The van der Waals surface area contributed by atoms with E-state index in [0.717, 1.165) is 11.3 Å². The van der Waals surface area contributed by atoms with Crippen LogP contribution in [0.1, 0.15) is 11.1 Å². The lowest BCUT2D eigenvalue weighted by Gasteiger charge is -2.13. The summed E-state index contributed by atoms with van der Waals surface area (Å²) in [6.07, 6.45) is -0.579. The molecule has 0 saturated carbocycles.